The molecule has 0 unspecified atom stereocenters. The molecule has 0 aliphatic carbocycles. The molecule has 3 rings (SSSR count). The molecule has 98 valence electrons. The Labute approximate surface area is 118 Å². The molecule has 0 saturated heterocycles. The normalized spacial score (nSPS) is 14.3. The summed E-state index contributed by atoms with van der Waals surface area (Å²) in [7, 11) is 0. The number of hydrogen-bond acceptors (Lipinski definition) is 3. The Hall–Kier alpha value is -1.61. The summed E-state index contributed by atoms with van der Waals surface area (Å²) >= 11 is 5.77. The maximum atomic E-state index is 5.77. The number of hydrogen-bond donors (Lipinski definition) is 0. The van der Waals surface area contributed by atoms with E-state index in [9.17, 15) is 0 Å². The Kier molecular flexibility index (Phi) is 3.38. The SMILES string of the molecule is Cc1ccc2c(c1)CCCN2Cc1cnc(Cl)cn1. The van der Waals surface area contributed by atoms with Crippen LogP contribution in [0.1, 0.15) is 23.2 Å². The minimum atomic E-state index is 0.443. The van der Waals surface area contributed by atoms with E-state index in [2.05, 4.69) is 40.0 Å². The molecule has 2 heterocycles. The predicted octanol–water partition coefficient (Wildman–Crippen LogP) is 3.39. The molecule has 0 radical (unpaired) electrons. The maximum absolute atomic E-state index is 5.77. The van der Waals surface area contributed by atoms with Gasteiger partial charge in [0.25, 0.3) is 0 Å². The lowest BCUT2D eigenvalue weighted by molar-refractivity contribution is 0.682. The number of aryl methyl sites for hydroxylation is 2. The third-order valence-corrected chi connectivity index (χ3v) is 3.67. The van der Waals surface area contributed by atoms with Gasteiger partial charge in [-0.05, 0) is 31.4 Å². The predicted molar refractivity (Wildman–Crippen MR) is 77.6 cm³/mol. The van der Waals surface area contributed by atoms with E-state index in [4.69, 9.17) is 11.6 Å². The molecular formula is C15H16ClN3. The number of rotatable bonds is 2. The van der Waals surface area contributed by atoms with Crippen LogP contribution in [0.4, 0.5) is 5.69 Å². The Balaban J connectivity index is 1.85. The Morgan fingerprint density at radius 2 is 2.16 bits per heavy atom. The highest BCUT2D eigenvalue weighted by molar-refractivity contribution is 6.29. The quantitative estimate of drug-likeness (QED) is 0.840. The Bertz CT molecular complexity index is 580. The van der Waals surface area contributed by atoms with Crippen LogP contribution in [0.2, 0.25) is 5.15 Å². The lowest BCUT2D eigenvalue weighted by Crippen LogP contribution is -2.29. The zero-order valence-corrected chi connectivity index (χ0v) is 11.7. The summed E-state index contributed by atoms with van der Waals surface area (Å²) in [5.41, 5.74) is 5.05. The monoisotopic (exact) mass is 273 g/mol. The topological polar surface area (TPSA) is 29.0 Å². The van der Waals surface area contributed by atoms with Crippen molar-refractivity contribution >= 4 is 17.3 Å². The van der Waals surface area contributed by atoms with Crippen LogP contribution in [0.3, 0.4) is 0 Å². The van der Waals surface area contributed by atoms with Gasteiger partial charge in [0.2, 0.25) is 0 Å². The van der Waals surface area contributed by atoms with Gasteiger partial charge >= 0.3 is 0 Å². The summed E-state index contributed by atoms with van der Waals surface area (Å²) in [6.07, 6.45) is 5.72. The van der Waals surface area contributed by atoms with Crippen LogP contribution in [-0.4, -0.2) is 16.5 Å². The zero-order valence-electron chi connectivity index (χ0n) is 10.9. The first-order chi connectivity index (χ1) is 9.22. The van der Waals surface area contributed by atoms with Crippen molar-refractivity contribution in [3.05, 3.63) is 52.6 Å². The van der Waals surface area contributed by atoms with Gasteiger partial charge in [-0.25, -0.2) is 4.98 Å². The molecular weight excluding hydrogens is 258 g/mol. The number of halogens is 1. The molecule has 19 heavy (non-hydrogen) atoms. The van der Waals surface area contributed by atoms with E-state index in [0.29, 0.717) is 5.15 Å². The van der Waals surface area contributed by atoms with E-state index < -0.39 is 0 Å². The molecule has 1 aliphatic rings. The first kappa shape index (κ1) is 12.4. The number of benzene rings is 1. The van der Waals surface area contributed by atoms with Crippen LogP contribution in [0.5, 0.6) is 0 Å². The van der Waals surface area contributed by atoms with Crippen molar-refractivity contribution in [2.45, 2.75) is 26.3 Å². The van der Waals surface area contributed by atoms with E-state index in [1.807, 2.05) is 0 Å². The number of aromatic nitrogens is 2. The molecule has 0 N–H and O–H groups in total. The van der Waals surface area contributed by atoms with E-state index in [-0.39, 0.29) is 0 Å². The highest BCUT2D eigenvalue weighted by Gasteiger charge is 2.17. The van der Waals surface area contributed by atoms with Crippen LogP contribution >= 0.6 is 11.6 Å². The third-order valence-electron chi connectivity index (χ3n) is 3.48. The number of anilines is 1. The highest BCUT2D eigenvalue weighted by Crippen LogP contribution is 2.28. The second kappa shape index (κ2) is 5.17. The number of nitrogens with zero attached hydrogens (tertiary/aromatic N) is 3. The van der Waals surface area contributed by atoms with Gasteiger partial charge in [-0.3, -0.25) is 4.98 Å². The molecule has 3 nitrogen and oxygen atoms in total. The summed E-state index contributed by atoms with van der Waals surface area (Å²) < 4.78 is 0. The van der Waals surface area contributed by atoms with Crippen LogP contribution in [0, 0.1) is 6.92 Å². The fourth-order valence-electron chi connectivity index (χ4n) is 2.58. The molecule has 2 aromatic rings. The van der Waals surface area contributed by atoms with Crippen LogP contribution in [-0.2, 0) is 13.0 Å². The van der Waals surface area contributed by atoms with Gasteiger partial charge in [-0.1, -0.05) is 29.3 Å². The molecule has 1 aromatic carbocycles. The van der Waals surface area contributed by atoms with Crippen LogP contribution < -0.4 is 4.90 Å². The summed E-state index contributed by atoms with van der Waals surface area (Å²) in [5.74, 6) is 0. The van der Waals surface area contributed by atoms with E-state index in [0.717, 1.165) is 18.8 Å². The van der Waals surface area contributed by atoms with Gasteiger partial charge in [0.05, 0.1) is 24.6 Å². The van der Waals surface area contributed by atoms with E-state index in [1.165, 1.54) is 29.7 Å². The molecule has 4 heteroatoms. The van der Waals surface area contributed by atoms with E-state index in [1.54, 1.807) is 12.4 Å². The van der Waals surface area contributed by atoms with Crippen molar-refractivity contribution < 1.29 is 0 Å². The molecule has 1 aromatic heterocycles. The van der Waals surface area contributed by atoms with Crippen molar-refractivity contribution in [3.8, 4) is 0 Å². The van der Waals surface area contributed by atoms with Crippen molar-refractivity contribution in [2.75, 3.05) is 11.4 Å². The second-order valence-corrected chi connectivity index (χ2v) is 5.37. The average molecular weight is 274 g/mol. The molecule has 0 saturated carbocycles. The van der Waals surface area contributed by atoms with E-state index >= 15 is 0 Å². The number of fused-ring (bicyclic) bond motifs is 1. The largest absolute Gasteiger partial charge is 0.365 e. The Morgan fingerprint density at radius 1 is 1.26 bits per heavy atom. The average Bonchev–Trinajstić information content (AvgIpc) is 2.41. The minimum Gasteiger partial charge on any atom is -0.365 e. The van der Waals surface area contributed by atoms with Crippen molar-refractivity contribution in [3.63, 3.8) is 0 Å². The highest BCUT2D eigenvalue weighted by atomic mass is 35.5. The van der Waals surface area contributed by atoms with Crippen molar-refractivity contribution in [2.24, 2.45) is 0 Å². The van der Waals surface area contributed by atoms with Crippen LogP contribution in [0.25, 0.3) is 0 Å². The van der Waals surface area contributed by atoms with Gasteiger partial charge in [0.1, 0.15) is 5.15 Å². The van der Waals surface area contributed by atoms with Gasteiger partial charge in [-0.2, -0.15) is 0 Å². The summed E-state index contributed by atoms with van der Waals surface area (Å²) in [6, 6.07) is 6.67. The summed E-state index contributed by atoms with van der Waals surface area (Å²) in [4.78, 5) is 10.8. The summed E-state index contributed by atoms with van der Waals surface area (Å²) in [6.45, 7) is 4.00. The Morgan fingerprint density at radius 3 is 2.95 bits per heavy atom. The van der Waals surface area contributed by atoms with Gasteiger partial charge in [0.15, 0.2) is 0 Å². The molecule has 0 bridgehead atoms. The lowest BCUT2D eigenvalue weighted by atomic mass is 9.99. The second-order valence-electron chi connectivity index (χ2n) is 4.99. The van der Waals surface area contributed by atoms with Crippen molar-refractivity contribution in [1.82, 2.24) is 9.97 Å². The van der Waals surface area contributed by atoms with Crippen molar-refractivity contribution in [1.29, 1.82) is 0 Å². The first-order valence-electron chi connectivity index (χ1n) is 6.53. The molecule has 1 aliphatic heterocycles. The zero-order chi connectivity index (χ0) is 13.2. The summed E-state index contributed by atoms with van der Waals surface area (Å²) in [5, 5.41) is 0.443. The maximum Gasteiger partial charge on any atom is 0.147 e. The first-order valence-corrected chi connectivity index (χ1v) is 6.91. The fraction of sp³-hybridized carbons (Fsp3) is 0.333. The fourth-order valence-corrected chi connectivity index (χ4v) is 2.68. The molecule has 0 atom stereocenters. The van der Waals surface area contributed by atoms with Crippen LogP contribution in [0.15, 0.2) is 30.6 Å². The molecule has 0 amide bonds. The van der Waals surface area contributed by atoms with Gasteiger partial charge in [0, 0.05) is 12.2 Å². The molecule has 0 fully saturated rings. The third kappa shape index (κ3) is 2.71. The lowest BCUT2D eigenvalue weighted by Gasteiger charge is -2.31. The standard InChI is InChI=1S/C15H16ClN3/c1-11-4-5-14-12(7-11)3-2-6-19(14)10-13-8-18-15(16)9-17-13/h4-5,7-9H,2-3,6,10H2,1H3. The smallest absolute Gasteiger partial charge is 0.147 e. The molecule has 0 spiro atoms. The van der Waals surface area contributed by atoms with Gasteiger partial charge < -0.3 is 4.90 Å². The minimum absolute atomic E-state index is 0.443. The van der Waals surface area contributed by atoms with Gasteiger partial charge in [-0.15, -0.1) is 0 Å².